The number of hydrogen-bond donors (Lipinski definition) is 0. The van der Waals surface area contributed by atoms with Crippen LogP contribution in [0.15, 0.2) is 12.1 Å². The number of aryl methyl sites for hydroxylation is 1. The predicted octanol–water partition coefficient (Wildman–Crippen LogP) is 3.38. The number of nitrogens with zero attached hydrogens (tertiary/aromatic N) is 2. The normalized spacial score (nSPS) is 15.3. The van der Waals surface area contributed by atoms with E-state index in [1.165, 1.54) is 0 Å². The van der Waals surface area contributed by atoms with Crippen molar-refractivity contribution in [3.8, 4) is 5.75 Å². The van der Waals surface area contributed by atoms with Crippen molar-refractivity contribution in [2.45, 2.75) is 33.6 Å². The van der Waals surface area contributed by atoms with Gasteiger partial charge in [-0.1, -0.05) is 25.4 Å². The minimum absolute atomic E-state index is 0.0415. The number of hydrogen-bond acceptors (Lipinski definition) is 3. The van der Waals surface area contributed by atoms with Crippen molar-refractivity contribution < 1.29 is 14.3 Å². The summed E-state index contributed by atoms with van der Waals surface area (Å²) in [5.41, 5.74) is 1.43. The third-order valence-corrected chi connectivity index (χ3v) is 4.74. The van der Waals surface area contributed by atoms with Gasteiger partial charge in [0.05, 0.1) is 12.1 Å². The summed E-state index contributed by atoms with van der Waals surface area (Å²) >= 11 is 6.18. The molecule has 1 aromatic rings. The minimum atomic E-state index is -0.0415. The lowest BCUT2D eigenvalue weighted by atomic mass is 10.1. The van der Waals surface area contributed by atoms with Crippen LogP contribution in [0.25, 0.3) is 0 Å². The van der Waals surface area contributed by atoms with E-state index in [1.807, 2.05) is 30.6 Å². The van der Waals surface area contributed by atoms with Crippen molar-refractivity contribution in [1.82, 2.24) is 9.80 Å². The van der Waals surface area contributed by atoms with Crippen LogP contribution in [-0.4, -0.2) is 54.9 Å². The molecule has 0 spiro atoms. The molecule has 6 heteroatoms. The van der Waals surface area contributed by atoms with E-state index in [2.05, 4.69) is 0 Å². The Morgan fingerprint density at radius 3 is 2.44 bits per heavy atom. The van der Waals surface area contributed by atoms with Gasteiger partial charge in [-0.15, -0.1) is 0 Å². The fourth-order valence-corrected chi connectivity index (χ4v) is 3.30. The van der Waals surface area contributed by atoms with E-state index >= 15 is 0 Å². The zero-order valence-corrected chi connectivity index (χ0v) is 16.2. The largest absolute Gasteiger partial charge is 0.495 e. The van der Waals surface area contributed by atoms with Gasteiger partial charge in [0.1, 0.15) is 5.75 Å². The van der Waals surface area contributed by atoms with Crippen molar-refractivity contribution in [2.75, 3.05) is 33.3 Å². The molecule has 2 amide bonds. The summed E-state index contributed by atoms with van der Waals surface area (Å²) in [6.07, 6.45) is 1.35. The molecule has 1 saturated heterocycles. The second-order valence-corrected chi connectivity index (χ2v) is 7.33. The number of carbonyl (C=O) groups is 2. The van der Waals surface area contributed by atoms with E-state index in [0.29, 0.717) is 54.9 Å². The van der Waals surface area contributed by atoms with E-state index < -0.39 is 0 Å². The van der Waals surface area contributed by atoms with Crippen LogP contribution < -0.4 is 4.74 Å². The highest BCUT2D eigenvalue weighted by Crippen LogP contribution is 2.28. The van der Waals surface area contributed by atoms with Crippen molar-refractivity contribution >= 4 is 23.4 Å². The van der Waals surface area contributed by atoms with E-state index in [1.54, 1.807) is 19.2 Å². The number of benzene rings is 1. The van der Waals surface area contributed by atoms with Crippen LogP contribution >= 0.6 is 11.6 Å². The highest BCUT2D eigenvalue weighted by molar-refractivity contribution is 6.32. The van der Waals surface area contributed by atoms with Gasteiger partial charge in [-0.25, -0.2) is 0 Å². The molecular weight excluding hydrogens is 340 g/mol. The Morgan fingerprint density at radius 2 is 1.80 bits per heavy atom. The molecule has 1 aliphatic rings. The number of rotatable bonds is 4. The minimum Gasteiger partial charge on any atom is -0.495 e. The van der Waals surface area contributed by atoms with Gasteiger partial charge in [0.25, 0.3) is 5.91 Å². The molecule has 138 valence electrons. The second kappa shape index (κ2) is 8.56. The zero-order valence-electron chi connectivity index (χ0n) is 15.5. The SMILES string of the molecule is COc1cc(C)c(C(=O)N2CCCN(C(=O)CC(C)C)CC2)cc1Cl. The molecule has 1 aliphatic heterocycles. The van der Waals surface area contributed by atoms with Gasteiger partial charge in [-0.2, -0.15) is 0 Å². The van der Waals surface area contributed by atoms with Crippen LogP contribution in [0.2, 0.25) is 5.02 Å². The number of amides is 2. The Labute approximate surface area is 154 Å². The maximum Gasteiger partial charge on any atom is 0.254 e. The molecule has 0 aliphatic carbocycles. The standard InChI is InChI=1S/C19H27ClN2O3/c1-13(2)10-18(23)21-6-5-7-22(9-8-21)19(24)15-12-16(20)17(25-4)11-14(15)3/h11-13H,5-10H2,1-4H3. The van der Waals surface area contributed by atoms with Crippen LogP contribution in [0.3, 0.4) is 0 Å². The number of halogens is 1. The summed E-state index contributed by atoms with van der Waals surface area (Å²) in [6, 6.07) is 3.45. The first-order valence-corrected chi connectivity index (χ1v) is 9.12. The van der Waals surface area contributed by atoms with Crippen LogP contribution in [0, 0.1) is 12.8 Å². The van der Waals surface area contributed by atoms with Gasteiger partial charge in [-0.3, -0.25) is 9.59 Å². The molecule has 0 N–H and O–H groups in total. The topological polar surface area (TPSA) is 49.9 Å². The van der Waals surface area contributed by atoms with Crippen molar-refractivity contribution in [2.24, 2.45) is 5.92 Å². The van der Waals surface area contributed by atoms with Crippen molar-refractivity contribution in [1.29, 1.82) is 0 Å². The van der Waals surface area contributed by atoms with Gasteiger partial charge in [-0.05, 0) is 37.0 Å². The molecule has 5 nitrogen and oxygen atoms in total. The zero-order chi connectivity index (χ0) is 18.6. The van der Waals surface area contributed by atoms with Crippen LogP contribution in [0.1, 0.15) is 42.6 Å². The second-order valence-electron chi connectivity index (χ2n) is 6.93. The van der Waals surface area contributed by atoms with Gasteiger partial charge in [0.2, 0.25) is 5.91 Å². The molecule has 1 aromatic carbocycles. The Morgan fingerprint density at radius 1 is 1.16 bits per heavy atom. The molecule has 0 unspecified atom stereocenters. The monoisotopic (exact) mass is 366 g/mol. The Balaban J connectivity index is 2.08. The molecule has 0 radical (unpaired) electrons. The predicted molar refractivity (Wildman–Crippen MR) is 99.3 cm³/mol. The highest BCUT2D eigenvalue weighted by atomic mass is 35.5. The molecule has 0 aromatic heterocycles. The molecule has 1 heterocycles. The number of ether oxygens (including phenoxy) is 1. The van der Waals surface area contributed by atoms with E-state index in [-0.39, 0.29) is 11.8 Å². The maximum absolute atomic E-state index is 12.9. The molecule has 0 atom stereocenters. The fraction of sp³-hybridized carbons (Fsp3) is 0.579. The molecule has 25 heavy (non-hydrogen) atoms. The van der Waals surface area contributed by atoms with E-state index in [9.17, 15) is 9.59 Å². The van der Waals surface area contributed by atoms with Crippen molar-refractivity contribution in [3.63, 3.8) is 0 Å². The van der Waals surface area contributed by atoms with E-state index in [0.717, 1.165) is 12.0 Å². The summed E-state index contributed by atoms with van der Waals surface area (Å²) in [6.45, 7) is 8.45. The fourth-order valence-electron chi connectivity index (χ4n) is 3.06. The Kier molecular flexibility index (Phi) is 6.71. The average molecular weight is 367 g/mol. The number of methoxy groups -OCH3 is 1. The van der Waals surface area contributed by atoms with Crippen LogP contribution in [0.4, 0.5) is 0 Å². The molecule has 1 fully saturated rings. The Hall–Kier alpha value is -1.75. The maximum atomic E-state index is 12.9. The smallest absolute Gasteiger partial charge is 0.254 e. The molecule has 0 saturated carbocycles. The van der Waals surface area contributed by atoms with Gasteiger partial charge < -0.3 is 14.5 Å². The summed E-state index contributed by atoms with van der Waals surface area (Å²) in [7, 11) is 1.56. The summed E-state index contributed by atoms with van der Waals surface area (Å²) in [4.78, 5) is 28.9. The summed E-state index contributed by atoms with van der Waals surface area (Å²) in [5.74, 6) is 1.04. The lowest BCUT2D eigenvalue weighted by Gasteiger charge is -2.23. The lowest BCUT2D eigenvalue weighted by Crippen LogP contribution is -2.37. The summed E-state index contributed by atoms with van der Waals surface area (Å²) < 4.78 is 5.20. The first-order chi connectivity index (χ1) is 11.8. The first-order valence-electron chi connectivity index (χ1n) is 8.74. The third-order valence-electron chi connectivity index (χ3n) is 4.45. The van der Waals surface area contributed by atoms with Crippen LogP contribution in [0.5, 0.6) is 5.75 Å². The summed E-state index contributed by atoms with van der Waals surface area (Å²) in [5, 5.41) is 0.431. The lowest BCUT2D eigenvalue weighted by molar-refractivity contribution is -0.131. The molecular formula is C19H27ClN2O3. The van der Waals surface area contributed by atoms with Gasteiger partial charge in [0.15, 0.2) is 0 Å². The highest BCUT2D eigenvalue weighted by Gasteiger charge is 2.24. The van der Waals surface area contributed by atoms with Gasteiger partial charge in [0, 0.05) is 38.2 Å². The third kappa shape index (κ3) is 4.88. The molecule has 2 rings (SSSR count). The quantitative estimate of drug-likeness (QED) is 0.820. The van der Waals surface area contributed by atoms with Gasteiger partial charge >= 0.3 is 0 Å². The van der Waals surface area contributed by atoms with Crippen LogP contribution in [-0.2, 0) is 4.79 Å². The van der Waals surface area contributed by atoms with Crippen molar-refractivity contribution in [3.05, 3.63) is 28.3 Å². The first kappa shape index (κ1) is 19.6. The van der Waals surface area contributed by atoms with E-state index in [4.69, 9.17) is 16.3 Å². The number of carbonyl (C=O) groups excluding carboxylic acids is 2. The Bertz CT molecular complexity index is 646. The average Bonchev–Trinajstić information content (AvgIpc) is 2.81. The molecule has 0 bridgehead atoms.